The van der Waals surface area contributed by atoms with Gasteiger partial charge in [-0.3, -0.25) is 0 Å². The van der Waals surface area contributed by atoms with Crippen molar-refractivity contribution in [1.82, 2.24) is 5.32 Å². The minimum absolute atomic E-state index is 0.229. The summed E-state index contributed by atoms with van der Waals surface area (Å²) in [5, 5.41) is 3.24. The minimum atomic E-state index is 0.229. The standard InChI is InChI=1S/C15H31NO/c1-4-5-6-7-9-14(2)17-15(10-8-11-15)12-13-16-3/h14,16H,4-13H2,1-3H3. The van der Waals surface area contributed by atoms with Gasteiger partial charge < -0.3 is 10.1 Å². The number of hydrogen-bond donors (Lipinski definition) is 1. The van der Waals surface area contributed by atoms with E-state index in [1.807, 2.05) is 7.05 Å². The highest BCUT2D eigenvalue weighted by atomic mass is 16.5. The van der Waals surface area contributed by atoms with Crippen molar-refractivity contribution in [2.24, 2.45) is 0 Å². The van der Waals surface area contributed by atoms with Crippen LogP contribution in [0, 0.1) is 0 Å². The molecule has 0 aromatic heterocycles. The normalized spacial score (nSPS) is 19.9. The van der Waals surface area contributed by atoms with E-state index in [2.05, 4.69) is 19.2 Å². The van der Waals surface area contributed by atoms with Crippen LogP contribution in [0.25, 0.3) is 0 Å². The molecular weight excluding hydrogens is 210 g/mol. The third-order valence-electron chi connectivity index (χ3n) is 4.01. The summed E-state index contributed by atoms with van der Waals surface area (Å²) in [4.78, 5) is 0. The van der Waals surface area contributed by atoms with Crippen molar-refractivity contribution < 1.29 is 4.74 Å². The molecule has 0 saturated heterocycles. The molecule has 1 rings (SSSR count). The molecule has 1 N–H and O–H groups in total. The maximum Gasteiger partial charge on any atom is 0.0698 e. The van der Waals surface area contributed by atoms with Gasteiger partial charge in [0.1, 0.15) is 0 Å². The first-order chi connectivity index (χ1) is 8.22. The molecule has 1 atom stereocenters. The van der Waals surface area contributed by atoms with Gasteiger partial charge in [-0.05, 0) is 52.6 Å². The number of rotatable bonds is 10. The van der Waals surface area contributed by atoms with Crippen LogP contribution >= 0.6 is 0 Å². The van der Waals surface area contributed by atoms with Crippen LogP contribution in [0.5, 0.6) is 0 Å². The molecule has 0 aliphatic heterocycles. The highest BCUT2D eigenvalue weighted by molar-refractivity contribution is 4.90. The minimum Gasteiger partial charge on any atom is -0.372 e. The Morgan fingerprint density at radius 2 is 2.00 bits per heavy atom. The van der Waals surface area contributed by atoms with Crippen molar-refractivity contribution in [2.75, 3.05) is 13.6 Å². The molecule has 0 radical (unpaired) electrons. The number of nitrogens with one attached hydrogen (secondary N) is 1. The first-order valence-electron chi connectivity index (χ1n) is 7.55. The van der Waals surface area contributed by atoms with Gasteiger partial charge in [-0.1, -0.05) is 32.6 Å². The molecule has 0 aromatic rings. The highest BCUT2D eigenvalue weighted by Crippen LogP contribution is 2.39. The van der Waals surface area contributed by atoms with E-state index in [0.29, 0.717) is 6.10 Å². The van der Waals surface area contributed by atoms with Gasteiger partial charge in [0.25, 0.3) is 0 Å². The fourth-order valence-electron chi connectivity index (χ4n) is 2.69. The predicted octanol–water partition coefficient (Wildman–Crippen LogP) is 3.89. The molecule has 1 saturated carbocycles. The van der Waals surface area contributed by atoms with E-state index in [1.54, 1.807) is 0 Å². The van der Waals surface area contributed by atoms with Crippen LogP contribution in [0.1, 0.15) is 71.6 Å². The molecule has 17 heavy (non-hydrogen) atoms. The summed E-state index contributed by atoms with van der Waals surface area (Å²) in [6.45, 7) is 5.61. The third-order valence-corrected chi connectivity index (χ3v) is 4.01. The smallest absolute Gasteiger partial charge is 0.0698 e. The predicted molar refractivity (Wildman–Crippen MR) is 74.4 cm³/mol. The fourth-order valence-corrected chi connectivity index (χ4v) is 2.69. The third kappa shape index (κ3) is 5.39. The largest absolute Gasteiger partial charge is 0.372 e. The van der Waals surface area contributed by atoms with Crippen LogP contribution in [0.3, 0.4) is 0 Å². The maximum atomic E-state index is 6.32. The summed E-state index contributed by atoms with van der Waals surface area (Å²) in [5.74, 6) is 0. The van der Waals surface area contributed by atoms with E-state index in [-0.39, 0.29) is 5.60 Å². The molecule has 0 heterocycles. The Hall–Kier alpha value is -0.0800. The molecular formula is C15H31NO. The van der Waals surface area contributed by atoms with Crippen molar-refractivity contribution in [3.63, 3.8) is 0 Å². The van der Waals surface area contributed by atoms with Crippen molar-refractivity contribution in [2.45, 2.75) is 83.3 Å². The van der Waals surface area contributed by atoms with Crippen LogP contribution in [0.15, 0.2) is 0 Å². The van der Waals surface area contributed by atoms with Gasteiger partial charge >= 0.3 is 0 Å². The summed E-state index contributed by atoms with van der Waals surface area (Å²) in [6, 6.07) is 0. The number of hydrogen-bond acceptors (Lipinski definition) is 2. The Balaban J connectivity index is 2.16. The fraction of sp³-hybridized carbons (Fsp3) is 1.00. The Morgan fingerprint density at radius 3 is 2.53 bits per heavy atom. The average molecular weight is 241 g/mol. The van der Waals surface area contributed by atoms with E-state index in [1.165, 1.54) is 57.8 Å². The van der Waals surface area contributed by atoms with Crippen molar-refractivity contribution in [3.05, 3.63) is 0 Å². The van der Waals surface area contributed by atoms with Crippen molar-refractivity contribution in [3.8, 4) is 0 Å². The molecule has 102 valence electrons. The second kappa shape index (κ2) is 8.10. The van der Waals surface area contributed by atoms with Gasteiger partial charge in [0, 0.05) is 0 Å². The van der Waals surface area contributed by atoms with Gasteiger partial charge in [-0.2, -0.15) is 0 Å². The van der Waals surface area contributed by atoms with Gasteiger partial charge in [0.05, 0.1) is 11.7 Å². The molecule has 1 unspecified atom stereocenters. The van der Waals surface area contributed by atoms with Crippen LogP contribution in [0.2, 0.25) is 0 Å². The lowest BCUT2D eigenvalue weighted by atomic mass is 9.77. The zero-order valence-electron chi connectivity index (χ0n) is 12.1. The van der Waals surface area contributed by atoms with Crippen LogP contribution in [-0.2, 0) is 4.74 Å². The summed E-state index contributed by atoms with van der Waals surface area (Å²) >= 11 is 0. The Labute approximate surface area is 108 Å². The monoisotopic (exact) mass is 241 g/mol. The maximum absolute atomic E-state index is 6.32. The molecule has 0 aromatic carbocycles. The van der Waals surface area contributed by atoms with E-state index in [0.717, 1.165) is 6.54 Å². The topological polar surface area (TPSA) is 21.3 Å². The van der Waals surface area contributed by atoms with Crippen LogP contribution in [0.4, 0.5) is 0 Å². The van der Waals surface area contributed by atoms with E-state index in [9.17, 15) is 0 Å². The summed E-state index contributed by atoms with van der Waals surface area (Å²) in [5.41, 5.74) is 0.229. The zero-order valence-corrected chi connectivity index (χ0v) is 12.1. The van der Waals surface area contributed by atoms with E-state index in [4.69, 9.17) is 4.74 Å². The zero-order chi connectivity index (χ0) is 12.6. The summed E-state index contributed by atoms with van der Waals surface area (Å²) < 4.78 is 6.32. The van der Waals surface area contributed by atoms with Crippen LogP contribution < -0.4 is 5.32 Å². The van der Waals surface area contributed by atoms with E-state index < -0.39 is 0 Å². The first-order valence-corrected chi connectivity index (χ1v) is 7.55. The Bertz CT molecular complexity index is 189. The molecule has 2 nitrogen and oxygen atoms in total. The molecule has 0 amide bonds. The van der Waals surface area contributed by atoms with Gasteiger partial charge in [-0.25, -0.2) is 0 Å². The van der Waals surface area contributed by atoms with Crippen LogP contribution in [-0.4, -0.2) is 25.3 Å². The SMILES string of the molecule is CCCCCCC(C)OC1(CCNC)CCC1. The van der Waals surface area contributed by atoms with Crippen molar-refractivity contribution in [1.29, 1.82) is 0 Å². The first kappa shape index (κ1) is 15.0. The van der Waals surface area contributed by atoms with Gasteiger partial charge in [-0.15, -0.1) is 0 Å². The van der Waals surface area contributed by atoms with Crippen molar-refractivity contribution >= 4 is 0 Å². The summed E-state index contributed by atoms with van der Waals surface area (Å²) in [7, 11) is 2.03. The lowest BCUT2D eigenvalue weighted by molar-refractivity contribution is -0.139. The summed E-state index contributed by atoms with van der Waals surface area (Å²) in [6.07, 6.45) is 12.2. The quantitative estimate of drug-likeness (QED) is 0.586. The molecule has 0 spiro atoms. The molecule has 1 aliphatic rings. The second-order valence-electron chi connectivity index (χ2n) is 5.67. The molecule has 0 bridgehead atoms. The number of unbranched alkanes of at least 4 members (excludes halogenated alkanes) is 3. The highest BCUT2D eigenvalue weighted by Gasteiger charge is 2.38. The molecule has 1 fully saturated rings. The lowest BCUT2D eigenvalue weighted by Crippen LogP contribution is -2.44. The number of ether oxygens (including phenoxy) is 1. The Kier molecular flexibility index (Phi) is 7.14. The lowest BCUT2D eigenvalue weighted by Gasteiger charge is -2.44. The molecule has 2 heteroatoms. The second-order valence-corrected chi connectivity index (χ2v) is 5.67. The van der Waals surface area contributed by atoms with Gasteiger partial charge in [0.15, 0.2) is 0 Å². The average Bonchev–Trinajstić information content (AvgIpc) is 2.28. The Morgan fingerprint density at radius 1 is 1.24 bits per heavy atom. The van der Waals surface area contributed by atoms with Gasteiger partial charge in [0.2, 0.25) is 0 Å². The molecule has 1 aliphatic carbocycles. The van der Waals surface area contributed by atoms with E-state index >= 15 is 0 Å².